The molecule has 0 unspecified atom stereocenters. The van der Waals surface area contributed by atoms with E-state index < -0.39 is 8.69 Å². The molecule has 6 heavy (non-hydrogen) atoms. The molecule has 0 aliphatic carbocycles. The quantitative estimate of drug-likeness (QED) is 0.578. The molecule has 0 spiro atoms. The Labute approximate surface area is 50.8 Å². The first-order valence-corrected chi connectivity index (χ1v) is 7.06. The fraction of sp³-hybridized carbons (Fsp3) is 1.00. The maximum atomic E-state index is 8.46. The van der Waals surface area contributed by atoms with Crippen LogP contribution in [-0.4, -0.2) is 4.89 Å². The SMILES string of the molecule is O=PO.[CH3][Zr][CH3]. The van der Waals surface area contributed by atoms with Crippen LogP contribution in [0.1, 0.15) is 0 Å². The maximum absolute atomic E-state index is 8.46. The van der Waals surface area contributed by atoms with Gasteiger partial charge in [-0.15, -0.1) is 0 Å². The normalized spacial score (nSPS) is 5.83. The predicted molar refractivity (Wildman–Crippen MR) is 21.6 cm³/mol. The van der Waals surface area contributed by atoms with E-state index in [0.717, 1.165) is 0 Å². The summed E-state index contributed by atoms with van der Waals surface area (Å²) in [6, 6.07) is 0. The third-order valence-corrected chi connectivity index (χ3v) is 0. The van der Waals surface area contributed by atoms with E-state index >= 15 is 0 Å². The van der Waals surface area contributed by atoms with Crippen molar-refractivity contribution in [2.75, 3.05) is 0 Å². The zero-order valence-corrected chi connectivity index (χ0v) is 7.16. The summed E-state index contributed by atoms with van der Waals surface area (Å²) in [5.74, 6) is 0. The first-order chi connectivity index (χ1) is 2.83. The van der Waals surface area contributed by atoms with Crippen LogP contribution in [-0.2, 0) is 27.8 Å². The van der Waals surface area contributed by atoms with Crippen LogP contribution in [0.3, 0.4) is 0 Å². The van der Waals surface area contributed by atoms with Crippen LogP contribution in [0, 0.1) is 0 Å². The molecule has 0 bridgehead atoms. The average molecular weight is 185 g/mol. The zero-order chi connectivity index (χ0) is 5.41. The van der Waals surface area contributed by atoms with Gasteiger partial charge in [-0.1, -0.05) is 0 Å². The minimum atomic E-state index is -0.833. The molecule has 36 valence electrons. The topological polar surface area (TPSA) is 37.3 Å². The molecule has 0 heterocycles. The van der Waals surface area contributed by atoms with Gasteiger partial charge in [0.25, 0.3) is 0 Å². The molecule has 0 fully saturated rings. The molecule has 2 nitrogen and oxygen atoms in total. The second-order valence-electron chi connectivity index (χ2n) is 0.582. The number of rotatable bonds is 0. The third-order valence-electron chi connectivity index (χ3n) is 0. The molecule has 4 heteroatoms. The molecule has 0 saturated heterocycles. The molecule has 0 aromatic heterocycles. The predicted octanol–water partition coefficient (Wildman–Crippen LogP) is 1.35. The van der Waals surface area contributed by atoms with Gasteiger partial charge in [-0.2, -0.15) is 0 Å². The molecular weight excluding hydrogens is 178 g/mol. The molecule has 0 aromatic rings. The van der Waals surface area contributed by atoms with Gasteiger partial charge >= 0.3 is 41.2 Å². The van der Waals surface area contributed by atoms with Gasteiger partial charge < -0.3 is 4.89 Å². The molecule has 0 aliphatic heterocycles. The minimum absolute atomic E-state index is 0.230. The van der Waals surface area contributed by atoms with Crippen molar-refractivity contribution in [2.45, 2.75) is 9.26 Å². The van der Waals surface area contributed by atoms with Crippen LogP contribution in [0.25, 0.3) is 0 Å². The van der Waals surface area contributed by atoms with Crippen molar-refractivity contribution in [3.8, 4) is 0 Å². The zero-order valence-electron chi connectivity index (χ0n) is 3.80. The summed E-state index contributed by atoms with van der Waals surface area (Å²) < 4.78 is 13.0. The van der Waals surface area contributed by atoms with Crippen LogP contribution in [0.2, 0.25) is 9.26 Å². The van der Waals surface area contributed by atoms with E-state index in [1.165, 1.54) is 0 Å². The summed E-state index contributed by atoms with van der Waals surface area (Å²) in [6.07, 6.45) is 0. The monoisotopic (exact) mass is 184 g/mol. The fourth-order valence-corrected chi connectivity index (χ4v) is 0. The second-order valence-corrected chi connectivity index (χ2v) is 3.20. The summed E-state index contributed by atoms with van der Waals surface area (Å²) in [5, 5.41) is 0. The molecule has 0 aliphatic rings. The van der Waals surface area contributed by atoms with Crippen molar-refractivity contribution >= 4 is 8.69 Å². The first kappa shape index (κ1) is 10.0. The average Bonchev–Trinajstić information content (AvgIpc) is 1.39. The molecule has 0 aromatic carbocycles. The van der Waals surface area contributed by atoms with E-state index in [0.29, 0.717) is 0 Å². The Morgan fingerprint density at radius 2 is 1.67 bits per heavy atom. The summed E-state index contributed by atoms with van der Waals surface area (Å²) in [7, 11) is -0.833. The van der Waals surface area contributed by atoms with Crippen molar-refractivity contribution in [1.82, 2.24) is 0 Å². The van der Waals surface area contributed by atoms with Crippen LogP contribution >= 0.6 is 8.69 Å². The van der Waals surface area contributed by atoms with E-state index in [2.05, 4.69) is 9.26 Å². The van der Waals surface area contributed by atoms with Gasteiger partial charge in [-0.05, 0) is 0 Å². The van der Waals surface area contributed by atoms with E-state index in [9.17, 15) is 0 Å². The molecule has 0 atom stereocenters. The standard InChI is InChI=1S/2CH3.HO2P.Zr/c;;1-3-2;/h2*1H3;(H,1,2);. The van der Waals surface area contributed by atoms with Crippen molar-refractivity contribution in [3.05, 3.63) is 0 Å². The Morgan fingerprint density at radius 3 is 1.67 bits per heavy atom. The molecular formula is C2H7O2PZr. The van der Waals surface area contributed by atoms with Crippen LogP contribution in [0.15, 0.2) is 0 Å². The summed E-state index contributed by atoms with van der Waals surface area (Å²) in [6.45, 7) is 0. The van der Waals surface area contributed by atoms with Crippen LogP contribution in [0.4, 0.5) is 0 Å². The molecule has 0 radical (unpaired) electrons. The second kappa shape index (κ2) is 16.8. The number of hydrogen-bond donors (Lipinski definition) is 1. The van der Waals surface area contributed by atoms with E-state index in [1.54, 1.807) is 0 Å². The van der Waals surface area contributed by atoms with Crippen LogP contribution < -0.4 is 0 Å². The van der Waals surface area contributed by atoms with E-state index in [-0.39, 0.29) is 23.2 Å². The van der Waals surface area contributed by atoms with Gasteiger partial charge in [0.2, 0.25) is 0 Å². The Bertz CT molecular complexity index is 25.5. The summed E-state index contributed by atoms with van der Waals surface area (Å²) >= 11 is 0.230. The van der Waals surface area contributed by atoms with Gasteiger partial charge in [-0.25, -0.2) is 4.57 Å². The Balaban J connectivity index is 0. The van der Waals surface area contributed by atoms with Crippen molar-refractivity contribution in [3.63, 3.8) is 0 Å². The van der Waals surface area contributed by atoms with Crippen molar-refractivity contribution < 1.29 is 32.7 Å². The van der Waals surface area contributed by atoms with E-state index in [1.807, 2.05) is 0 Å². The first-order valence-electron chi connectivity index (χ1n) is 1.38. The van der Waals surface area contributed by atoms with Crippen molar-refractivity contribution in [2.24, 2.45) is 0 Å². The van der Waals surface area contributed by atoms with Gasteiger partial charge in [0.05, 0.1) is 0 Å². The Kier molecular flexibility index (Phi) is 28.0. The number of hydrogen-bond acceptors (Lipinski definition) is 1. The van der Waals surface area contributed by atoms with Crippen molar-refractivity contribution in [1.29, 1.82) is 0 Å². The van der Waals surface area contributed by atoms with Crippen LogP contribution in [0.5, 0.6) is 0 Å². The Hall–Kier alpha value is 0.943. The summed E-state index contributed by atoms with van der Waals surface area (Å²) in [4.78, 5) is 6.99. The molecule has 1 N–H and O–H groups in total. The molecule has 0 amide bonds. The third kappa shape index (κ3) is 86.4. The van der Waals surface area contributed by atoms with Gasteiger partial charge in [0, 0.05) is 0 Å². The van der Waals surface area contributed by atoms with Gasteiger partial charge in [0.15, 0.2) is 0 Å². The molecule has 0 saturated carbocycles. The van der Waals surface area contributed by atoms with E-state index in [4.69, 9.17) is 9.46 Å². The van der Waals surface area contributed by atoms with Gasteiger partial charge in [0.1, 0.15) is 0 Å². The summed E-state index contributed by atoms with van der Waals surface area (Å²) in [5.41, 5.74) is 0. The Morgan fingerprint density at radius 1 is 1.67 bits per heavy atom. The fourth-order valence-electron chi connectivity index (χ4n) is 0. The van der Waals surface area contributed by atoms with Gasteiger partial charge in [-0.3, -0.25) is 0 Å². The molecule has 0 rings (SSSR count).